The van der Waals surface area contributed by atoms with Crippen molar-refractivity contribution in [2.24, 2.45) is 0 Å². The molecule has 1 aliphatic rings. The van der Waals surface area contributed by atoms with Gasteiger partial charge >= 0.3 is 0 Å². The summed E-state index contributed by atoms with van der Waals surface area (Å²) in [5, 5.41) is 10.8. The predicted molar refractivity (Wildman–Crippen MR) is 133 cm³/mol. The van der Waals surface area contributed by atoms with Gasteiger partial charge in [-0.3, -0.25) is 9.59 Å². The number of piperazine rings is 1. The molecule has 0 saturated carbocycles. The van der Waals surface area contributed by atoms with E-state index < -0.39 is 0 Å². The number of phenols is 1. The smallest absolute Gasteiger partial charge is 0.257 e. The van der Waals surface area contributed by atoms with E-state index in [1.54, 1.807) is 34.1 Å². The van der Waals surface area contributed by atoms with Crippen LogP contribution < -0.4 is 0 Å². The molecule has 1 fully saturated rings. The molecule has 6 nitrogen and oxygen atoms in total. The summed E-state index contributed by atoms with van der Waals surface area (Å²) in [6.45, 7) is 1.69. The number of aryl methyl sites for hydroxylation is 1. The van der Waals surface area contributed by atoms with Crippen molar-refractivity contribution >= 4 is 22.7 Å². The zero-order chi connectivity index (χ0) is 24.4. The molecule has 35 heavy (non-hydrogen) atoms. The highest BCUT2D eigenvalue weighted by molar-refractivity contribution is 5.97. The third-order valence-electron chi connectivity index (χ3n) is 6.57. The van der Waals surface area contributed by atoms with Gasteiger partial charge < -0.3 is 19.9 Å². The quantitative estimate of drug-likeness (QED) is 0.447. The molecule has 0 bridgehead atoms. The Bertz CT molecular complexity index is 1370. The number of H-pyrrole nitrogens is 1. The van der Waals surface area contributed by atoms with Crippen LogP contribution in [0.5, 0.6) is 5.75 Å². The normalized spacial score (nSPS) is 13.9. The van der Waals surface area contributed by atoms with Crippen LogP contribution in [0.25, 0.3) is 22.2 Å². The molecule has 7 heteroatoms. The summed E-state index contributed by atoms with van der Waals surface area (Å²) in [6.07, 6.45) is 0.764. The van der Waals surface area contributed by atoms with Crippen molar-refractivity contribution in [3.63, 3.8) is 0 Å². The number of hydrogen-bond acceptors (Lipinski definition) is 3. The Kier molecular flexibility index (Phi) is 6.23. The molecule has 0 radical (unpaired) electrons. The number of carbonyl (C=O) groups excluding carboxylic acids is 2. The molecule has 0 unspecified atom stereocenters. The molecular formula is C28H26FN3O3. The molecule has 2 heterocycles. The number of phenolic OH excluding ortho intramolecular Hbond substituents is 1. The summed E-state index contributed by atoms with van der Waals surface area (Å²) in [4.78, 5) is 32.6. The zero-order valence-electron chi connectivity index (χ0n) is 19.2. The Balaban J connectivity index is 1.27. The number of aromatic amines is 1. The Morgan fingerprint density at radius 3 is 2.31 bits per heavy atom. The van der Waals surface area contributed by atoms with Crippen LogP contribution >= 0.6 is 0 Å². The van der Waals surface area contributed by atoms with Crippen LogP contribution in [-0.4, -0.2) is 57.9 Å². The lowest BCUT2D eigenvalue weighted by Gasteiger charge is -2.35. The molecule has 2 N–H and O–H groups in total. The molecule has 1 aliphatic heterocycles. The van der Waals surface area contributed by atoms with E-state index in [2.05, 4.69) is 4.98 Å². The number of nitrogens with one attached hydrogen (secondary N) is 1. The fraction of sp³-hybridized carbons (Fsp3) is 0.214. The van der Waals surface area contributed by atoms with Gasteiger partial charge in [-0.2, -0.15) is 0 Å². The van der Waals surface area contributed by atoms with Gasteiger partial charge in [0.15, 0.2) is 0 Å². The SMILES string of the molecule is O=C(CCc1c(-c2ccccc2)[nH]c2ccc(F)cc12)N1CCN(C(=O)c2ccccc2O)CC1. The second kappa shape index (κ2) is 9.62. The number of carbonyl (C=O) groups is 2. The van der Waals surface area contributed by atoms with Gasteiger partial charge in [-0.05, 0) is 47.9 Å². The van der Waals surface area contributed by atoms with E-state index in [0.29, 0.717) is 32.6 Å². The van der Waals surface area contributed by atoms with E-state index in [1.807, 2.05) is 30.3 Å². The van der Waals surface area contributed by atoms with Crippen molar-refractivity contribution in [3.05, 3.63) is 89.7 Å². The molecule has 0 spiro atoms. The Morgan fingerprint density at radius 1 is 0.886 bits per heavy atom. The highest BCUT2D eigenvalue weighted by atomic mass is 19.1. The summed E-state index contributed by atoms with van der Waals surface area (Å²) >= 11 is 0. The fourth-order valence-corrected chi connectivity index (χ4v) is 4.70. The first-order valence-electron chi connectivity index (χ1n) is 11.7. The van der Waals surface area contributed by atoms with Gasteiger partial charge in [0.25, 0.3) is 5.91 Å². The highest BCUT2D eigenvalue weighted by Crippen LogP contribution is 2.32. The molecule has 5 rings (SSSR count). The minimum Gasteiger partial charge on any atom is -0.507 e. The Hall–Kier alpha value is -4.13. The Morgan fingerprint density at radius 2 is 1.57 bits per heavy atom. The lowest BCUT2D eigenvalue weighted by atomic mass is 10.0. The van der Waals surface area contributed by atoms with Gasteiger partial charge in [0, 0.05) is 49.2 Å². The van der Waals surface area contributed by atoms with Gasteiger partial charge in [-0.15, -0.1) is 0 Å². The van der Waals surface area contributed by atoms with Crippen LogP contribution in [0.1, 0.15) is 22.3 Å². The molecule has 4 aromatic rings. The maximum atomic E-state index is 14.0. The zero-order valence-corrected chi connectivity index (χ0v) is 19.2. The molecule has 0 atom stereocenters. The summed E-state index contributed by atoms with van der Waals surface area (Å²) in [5.41, 5.74) is 3.92. The van der Waals surface area contributed by atoms with Gasteiger partial charge in [-0.25, -0.2) is 4.39 Å². The number of amides is 2. The topological polar surface area (TPSA) is 76.6 Å². The third kappa shape index (κ3) is 4.62. The first-order valence-corrected chi connectivity index (χ1v) is 11.7. The Labute approximate surface area is 202 Å². The van der Waals surface area contributed by atoms with Crippen molar-refractivity contribution in [1.82, 2.24) is 14.8 Å². The number of halogens is 1. The summed E-state index contributed by atoms with van der Waals surface area (Å²) < 4.78 is 14.0. The fourth-order valence-electron chi connectivity index (χ4n) is 4.70. The number of hydrogen-bond donors (Lipinski definition) is 2. The van der Waals surface area contributed by atoms with E-state index in [-0.39, 0.29) is 35.4 Å². The van der Waals surface area contributed by atoms with Crippen LogP contribution in [0.4, 0.5) is 4.39 Å². The number of para-hydroxylation sites is 1. The monoisotopic (exact) mass is 471 g/mol. The molecule has 1 saturated heterocycles. The van der Waals surface area contributed by atoms with E-state index in [0.717, 1.165) is 27.7 Å². The van der Waals surface area contributed by atoms with Crippen LogP contribution in [0.3, 0.4) is 0 Å². The van der Waals surface area contributed by atoms with Gasteiger partial charge in [0.2, 0.25) is 5.91 Å². The minimum atomic E-state index is -0.311. The maximum absolute atomic E-state index is 14.0. The first kappa shape index (κ1) is 22.7. The van der Waals surface area contributed by atoms with Crippen LogP contribution in [0.15, 0.2) is 72.8 Å². The summed E-state index contributed by atoms with van der Waals surface area (Å²) in [5.74, 6) is -0.581. The molecular weight excluding hydrogens is 445 g/mol. The molecule has 3 aromatic carbocycles. The number of aromatic nitrogens is 1. The average molecular weight is 472 g/mol. The molecule has 178 valence electrons. The second-order valence-electron chi connectivity index (χ2n) is 8.72. The van der Waals surface area contributed by atoms with E-state index in [9.17, 15) is 19.1 Å². The van der Waals surface area contributed by atoms with Crippen LogP contribution in [-0.2, 0) is 11.2 Å². The van der Waals surface area contributed by atoms with Crippen LogP contribution in [0, 0.1) is 5.82 Å². The summed E-state index contributed by atoms with van der Waals surface area (Å²) in [7, 11) is 0. The lowest BCUT2D eigenvalue weighted by Crippen LogP contribution is -2.50. The van der Waals surface area contributed by atoms with Crippen LogP contribution in [0.2, 0.25) is 0 Å². The number of aromatic hydroxyl groups is 1. The minimum absolute atomic E-state index is 0.00409. The number of benzene rings is 3. The van der Waals surface area contributed by atoms with Gasteiger partial charge in [0.1, 0.15) is 11.6 Å². The van der Waals surface area contributed by atoms with Crippen molar-refractivity contribution in [2.75, 3.05) is 26.2 Å². The van der Waals surface area contributed by atoms with E-state index in [1.165, 1.54) is 18.2 Å². The van der Waals surface area contributed by atoms with Crippen molar-refractivity contribution < 1.29 is 19.1 Å². The van der Waals surface area contributed by atoms with Gasteiger partial charge in [0.05, 0.1) is 5.56 Å². The van der Waals surface area contributed by atoms with E-state index >= 15 is 0 Å². The molecule has 0 aliphatic carbocycles. The van der Waals surface area contributed by atoms with Crippen molar-refractivity contribution in [3.8, 4) is 17.0 Å². The first-order chi connectivity index (χ1) is 17.0. The maximum Gasteiger partial charge on any atom is 0.257 e. The largest absolute Gasteiger partial charge is 0.507 e. The average Bonchev–Trinajstić information content (AvgIpc) is 3.25. The van der Waals surface area contributed by atoms with Crippen molar-refractivity contribution in [1.29, 1.82) is 0 Å². The number of rotatable bonds is 5. The number of fused-ring (bicyclic) bond motifs is 1. The second-order valence-corrected chi connectivity index (χ2v) is 8.72. The van der Waals surface area contributed by atoms with E-state index in [4.69, 9.17) is 0 Å². The predicted octanol–water partition coefficient (Wildman–Crippen LogP) is 4.60. The number of nitrogens with zero attached hydrogens (tertiary/aromatic N) is 2. The molecule has 1 aromatic heterocycles. The standard InChI is InChI=1S/C28H26FN3O3/c29-20-10-12-24-23(18-20)21(27(30-24)19-6-2-1-3-7-19)11-13-26(34)31-14-16-32(17-15-31)28(35)22-8-4-5-9-25(22)33/h1-10,12,18,30,33H,11,13-17H2. The summed E-state index contributed by atoms with van der Waals surface area (Å²) in [6, 6.07) is 21.0. The van der Waals surface area contributed by atoms with Crippen molar-refractivity contribution in [2.45, 2.75) is 12.8 Å². The molecule has 2 amide bonds. The third-order valence-corrected chi connectivity index (χ3v) is 6.57. The highest BCUT2D eigenvalue weighted by Gasteiger charge is 2.26. The lowest BCUT2D eigenvalue weighted by molar-refractivity contribution is -0.132. The van der Waals surface area contributed by atoms with Gasteiger partial charge in [-0.1, -0.05) is 42.5 Å².